The van der Waals surface area contributed by atoms with E-state index in [2.05, 4.69) is 11.4 Å². The first-order valence-electron chi connectivity index (χ1n) is 9.77. The van der Waals surface area contributed by atoms with Crippen LogP contribution in [-0.4, -0.2) is 30.4 Å². The van der Waals surface area contributed by atoms with Gasteiger partial charge in [0.1, 0.15) is 11.5 Å². The molecule has 3 aromatic rings. The van der Waals surface area contributed by atoms with E-state index in [0.717, 1.165) is 16.7 Å². The lowest BCUT2D eigenvalue weighted by atomic mass is 10.1. The summed E-state index contributed by atoms with van der Waals surface area (Å²) < 4.78 is 11.2. The van der Waals surface area contributed by atoms with Gasteiger partial charge in [-0.05, 0) is 66.9 Å². The summed E-state index contributed by atoms with van der Waals surface area (Å²) in [7, 11) is 1.59. The van der Waals surface area contributed by atoms with Crippen molar-refractivity contribution in [2.75, 3.05) is 13.7 Å². The number of carbonyl (C=O) groups excluding carboxylic acids is 2. The van der Waals surface area contributed by atoms with Crippen molar-refractivity contribution < 1.29 is 18.7 Å². The highest BCUT2D eigenvalue weighted by atomic mass is 16.5. The van der Waals surface area contributed by atoms with E-state index in [1.807, 2.05) is 44.2 Å². The Morgan fingerprint density at radius 3 is 2.30 bits per heavy atom. The normalized spacial score (nSPS) is 10.5. The number of amides is 2. The topological polar surface area (TPSA) is 71.8 Å². The molecule has 1 heterocycles. The van der Waals surface area contributed by atoms with Crippen molar-refractivity contribution in [3.05, 3.63) is 88.9 Å². The van der Waals surface area contributed by atoms with Crippen LogP contribution in [-0.2, 0) is 17.9 Å². The maximum absolute atomic E-state index is 12.9. The minimum absolute atomic E-state index is 0.0695. The summed E-state index contributed by atoms with van der Waals surface area (Å²) in [4.78, 5) is 26.3. The Labute approximate surface area is 176 Å². The molecule has 0 saturated heterocycles. The number of nitrogens with one attached hydrogen (secondary N) is 1. The van der Waals surface area contributed by atoms with Gasteiger partial charge >= 0.3 is 0 Å². The predicted molar refractivity (Wildman–Crippen MR) is 114 cm³/mol. The van der Waals surface area contributed by atoms with E-state index >= 15 is 0 Å². The maximum Gasteiger partial charge on any atom is 0.261 e. The van der Waals surface area contributed by atoms with Crippen molar-refractivity contribution >= 4 is 11.8 Å². The molecule has 3 rings (SSSR count). The monoisotopic (exact) mass is 406 g/mol. The van der Waals surface area contributed by atoms with Crippen LogP contribution in [0.4, 0.5) is 0 Å². The van der Waals surface area contributed by atoms with Gasteiger partial charge in [-0.25, -0.2) is 0 Å². The maximum atomic E-state index is 12.9. The molecule has 0 bridgehead atoms. The fourth-order valence-corrected chi connectivity index (χ4v) is 3.20. The molecule has 0 saturated carbocycles. The summed E-state index contributed by atoms with van der Waals surface area (Å²) in [6, 6.07) is 16.7. The molecule has 0 unspecified atom stereocenters. The van der Waals surface area contributed by atoms with Crippen LogP contribution in [0.25, 0.3) is 0 Å². The SMILES string of the molecule is CNC(=O)c1ccc(CN(Cc2ccco2)C(=O)COc2cc(C)cc(C)c2)cc1. The molecule has 6 nitrogen and oxygen atoms in total. The van der Waals surface area contributed by atoms with E-state index in [4.69, 9.17) is 9.15 Å². The molecule has 156 valence electrons. The fourth-order valence-electron chi connectivity index (χ4n) is 3.20. The lowest BCUT2D eigenvalue weighted by Crippen LogP contribution is -2.34. The smallest absolute Gasteiger partial charge is 0.261 e. The molecule has 0 fully saturated rings. The molecule has 0 spiro atoms. The van der Waals surface area contributed by atoms with Gasteiger partial charge in [-0.3, -0.25) is 9.59 Å². The molecule has 0 radical (unpaired) electrons. The second kappa shape index (κ2) is 9.78. The summed E-state index contributed by atoms with van der Waals surface area (Å²) in [6.45, 7) is 4.63. The van der Waals surface area contributed by atoms with E-state index in [9.17, 15) is 9.59 Å². The van der Waals surface area contributed by atoms with Crippen molar-refractivity contribution in [2.45, 2.75) is 26.9 Å². The summed E-state index contributed by atoms with van der Waals surface area (Å²) in [5.74, 6) is 1.07. The molecule has 2 amide bonds. The van der Waals surface area contributed by atoms with Crippen LogP contribution >= 0.6 is 0 Å². The van der Waals surface area contributed by atoms with E-state index in [0.29, 0.717) is 30.2 Å². The van der Waals surface area contributed by atoms with Crippen LogP contribution in [0.1, 0.15) is 32.8 Å². The third-order valence-corrected chi connectivity index (χ3v) is 4.65. The van der Waals surface area contributed by atoms with Crippen LogP contribution in [0, 0.1) is 13.8 Å². The number of rotatable bonds is 8. The van der Waals surface area contributed by atoms with Gasteiger partial charge < -0.3 is 19.4 Å². The van der Waals surface area contributed by atoms with Gasteiger partial charge in [-0.2, -0.15) is 0 Å². The number of carbonyl (C=O) groups is 2. The van der Waals surface area contributed by atoms with Crippen LogP contribution in [0.5, 0.6) is 5.75 Å². The van der Waals surface area contributed by atoms with E-state index in [1.165, 1.54) is 0 Å². The zero-order valence-corrected chi connectivity index (χ0v) is 17.5. The van der Waals surface area contributed by atoms with Crippen LogP contribution in [0.15, 0.2) is 65.3 Å². The van der Waals surface area contributed by atoms with Crippen molar-refractivity contribution in [1.29, 1.82) is 0 Å². The quantitative estimate of drug-likeness (QED) is 0.617. The highest BCUT2D eigenvalue weighted by molar-refractivity contribution is 5.93. The summed E-state index contributed by atoms with van der Waals surface area (Å²) in [5, 5.41) is 2.60. The first-order chi connectivity index (χ1) is 14.4. The minimum Gasteiger partial charge on any atom is -0.484 e. The summed E-state index contributed by atoms with van der Waals surface area (Å²) in [6.07, 6.45) is 1.59. The Balaban J connectivity index is 1.71. The number of ether oxygens (including phenoxy) is 1. The van der Waals surface area contributed by atoms with Gasteiger partial charge in [0.2, 0.25) is 0 Å². The van der Waals surface area contributed by atoms with Crippen molar-refractivity contribution in [1.82, 2.24) is 10.2 Å². The largest absolute Gasteiger partial charge is 0.484 e. The number of benzene rings is 2. The van der Waals surface area contributed by atoms with Crippen molar-refractivity contribution in [3.63, 3.8) is 0 Å². The van der Waals surface area contributed by atoms with Crippen LogP contribution in [0.2, 0.25) is 0 Å². The number of aryl methyl sites for hydroxylation is 2. The first-order valence-corrected chi connectivity index (χ1v) is 9.77. The lowest BCUT2D eigenvalue weighted by molar-refractivity contribution is -0.134. The molecular weight excluding hydrogens is 380 g/mol. The number of hydrogen-bond donors (Lipinski definition) is 1. The minimum atomic E-state index is -0.152. The number of nitrogens with zero attached hydrogens (tertiary/aromatic N) is 1. The number of hydrogen-bond acceptors (Lipinski definition) is 4. The molecule has 0 aliphatic carbocycles. The third-order valence-electron chi connectivity index (χ3n) is 4.65. The zero-order chi connectivity index (χ0) is 21.5. The summed E-state index contributed by atoms with van der Waals surface area (Å²) in [5.41, 5.74) is 3.65. The summed E-state index contributed by atoms with van der Waals surface area (Å²) >= 11 is 0. The van der Waals surface area contributed by atoms with E-state index in [1.54, 1.807) is 36.4 Å². The molecule has 2 aromatic carbocycles. The first kappa shape index (κ1) is 21.2. The Bertz CT molecular complexity index is 974. The van der Waals surface area contributed by atoms with Crippen LogP contribution < -0.4 is 10.1 Å². The third kappa shape index (κ3) is 5.73. The number of furan rings is 1. The van der Waals surface area contributed by atoms with Gasteiger partial charge in [0.25, 0.3) is 11.8 Å². The fraction of sp³-hybridized carbons (Fsp3) is 0.250. The van der Waals surface area contributed by atoms with E-state index < -0.39 is 0 Å². The molecule has 0 aliphatic heterocycles. The van der Waals surface area contributed by atoms with Gasteiger partial charge in [-0.15, -0.1) is 0 Å². The average molecular weight is 406 g/mol. The molecule has 30 heavy (non-hydrogen) atoms. The molecule has 0 atom stereocenters. The lowest BCUT2D eigenvalue weighted by Gasteiger charge is -2.22. The Morgan fingerprint density at radius 2 is 1.70 bits per heavy atom. The molecule has 1 N–H and O–H groups in total. The predicted octanol–water partition coefficient (Wildman–Crippen LogP) is 3.86. The highest BCUT2D eigenvalue weighted by Gasteiger charge is 2.17. The van der Waals surface area contributed by atoms with E-state index in [-0.39, 0.29) is 18.4 Å². The Morgan fingerprint density at radius 1 is 1.00 bits per heavy atom. The molecule has 1 aromatic heterocycles. The second-order valence-corrected chi connectivity index (χ2v) is 7.22. The van der Waals surface area contributed by atoms with Crippen molar-refractivity contribution in [2.24, 2.45) is 0 Å². The van der Waals surface area contributed by atoms with Gasteiger partial charge in [0.15, 0.2) is 6.61 Å². The Hall–Kier alpha value is -3.54. The van der Waals surface area contributed by atoms with Crippen molar-refractivity contribution in [3.8, 4) is 5.75 Å². The standard InChI is InChI=1S/C24H26N2O4/c1-17-11-18(2)13-22(12-17)30-16-23(27)26(15-21-5-4-10-29-21)14-19-6-8-20(9-7-19)24(28)25-3/h4-13H,14-16H2,1-3H3,(H,25,28). The molecule has 6 heteroatoms. The van der Waals surface area contributed by atoms with Gasteiger partial charge in [0, 0.05) is 19.2 Å². The Kier molecular flexibility index (Phi) is 6.91. The van der Waals surface area contributed by atoms with Gasteiger partial charge in [0.05, 0.1) is 12.8 Å². The second-order valence-electron chi connectivity index (χ2n) is 7.22. The molecule has 0 aliphatic rings. The molecular formula is C24H26N2O4. The van der Waals surface area contributed by atoms with Gasteiger partial charge in [-0.1, -0.05) is 18.2 Å². The highest BCUT2D eigenvalue weighted by Crippen LogP contribution is 2.17. The zero-order valence-electron chi connectivity index (χ0n) is 17.5. The average Bonchev–Trinajstić information content (AvgIpc) is 3.24. The van der Waals surface area contributed by atoms with Crippen LogP contribution in [0.3, 0.4) is 0 Å².